The number of nitrogens with one attached hydrogen (secondary N) is 2. The maximum Gasteiger partial charge on any atom is 0.341 e. The van der Waals surface area contributed by atoms with Crippen LogP contribution in [0.25, 0.3) is 0 Å². The number of aryl methyl sites for hydroxylation is 1. The topological polar surface area (TPSA) is 50.4 Å². The Morgan fingerprint density at radius 3 is 2.81 bits per heavy atom. The smallest absolute Gasteiger partial charge is 0.341 e. The molecule has 1 aliphatic rings. The summed E-state index contributed by atoms with van der Waals surface area (Å²) in [6, 6.07) is 6.07. The summed E-state index contributed by atoms with van der Waals surface area (Å²) in [5.41, 5.74) is 5.09. The van der Waals surface area contributed by atoms with Crippen LogP contribution in [0.2, 0.25) is 0 Å². The monoisotopic (exact) mass is 388 g/mol. The summed E-state index contributed by atoms with van der Waals surface area (Å²) in [5, 5.41) is 7.74. The number of fused-ring (bicyclic) bond motifs is 1. The number of rotatable bonds is 3. The largest absolute Gasteiger partial charge is 0.465 e. The molecule has 1 heterocycles. The quantitative estimate of drug-likeness (QED) is 0.567. The van der Waals surface area contributed by atoms with Crippen LogP contribution in [-0.4, -0.2) is 18.2 Å². The molecule has 1 aromatic heterocycles. The normalized spacial score (nSPS) is 15.9. The highest BCUT2D eigenvalue weighted by atomic mass is 32.1. The maximum atomic E-state index is 12.4. The molecule has 0 saturated carbocycles. The first-order chi connectivity index (χ1) is 12.4. The molecule has 1 aliphatic carbocycles. The minimum Gasteiger partial charge on any atom is -0.465 e. The average Bonchev–Trinajstić information content (AvgIpc) is 2.94. The van der Waals surface area contributed by atoms with Crippen molar-refractivity contribution in [3.05, 3.63) is 45.3 Å². The predicted octanol–water partition coefficient (Wildman–Crippen LogP) is 5.09. The molecule has 4 nitrogen and oxygen atoms in total. The van der Waals surface area contributed by atoms with Gasteiger partial charge in [0.15, 0.2) is 5.11 Å². The standard InChI is InChI=1S/C20H24N2O2S2/c1-11-8-9-14-16(10-11)26-18(17(14)19(23)24-4)22-20(25)21-15-7-5-6-12(2)13(15)3/h5-7,11H,8-10H2,1-4H3,(H2,21,22,25). The van der Waals surface area contributed by atoms with Gasteiger partial charge >= 0.3 is 5.97 Å². The van der Waals surface area contributed by atoms with Crippen molar-refractivity contribution in [3.8, 4) is 0 Å². The molecule has 0 amide bonds. The summed E-state index contributed by atoms with van der Waals surface area (Å²) in [7, 11) is 1.42. The van der Waals surface area contributed by atoms with Gasteiger partial charge in [-0.15, -0.1) is 11.3 Å². The molecule has 0 aliphatic heterocycles. The van der Waals surface area contributed by atoms with Crippen LogP contribution >= 0.6 is 23.6 Å². The van der Waals surface area contributed by atoms with Gasteiger partial charge in [-0.05, 0) is 74.0 Å². The molecule has 2 aromatic rings. The predicted molar refractivity (Wildman–Crippen MR) is 113 cm³/mol. The molecular weight excluding hydrogens is 364 g/mol. The number of anilines is 2. The number of carbonyl (C=O) groups is 1. The third-order valence-corrected chi connectivity index (χ3v) is 6.35. The number of benzene rings is 1. The molecule has 0 spiro atoms. The molecule has 1 unspecified atom stereocenters. The van der Waals surface area contributed by atoms with Crippen LogP contribution in [0.3, 0.4) is 0 Å². The fourth-order valence-electron chi connectivity index (χ4n) is 3.30. The first kappa shape index (κ1) is 18.9. The Labute approximate surface area is 164 Å². The summed E-state index contributed by atoms with van der Waals surface area (Å²) in [4.78, 5) is 13.6. The first-order valence-corrected chi connectivity index (χ1v) is 10.00. The lowest BCUT2D eigenvalue weighted by Gasteiger charge is -2.18. The van der Waals surface area contributed by atoms with Gasteiger partial charge in [-0.3, -0.25) is 0 Å². The van der Waals surface area contributed by atoms with Gasteiger partial charge in [0, 0.05) is 10.6 Å². The molecule has 26 heavy (non-hydrogen) atoms. The van der Waals surface area contributed by atoms with Gasteiger partial charge < -0.3 is 15.4 Å². The lowest BCUT2D eigenvalue weighted by molar-refractivity contribution is 0.0601. The second-order valence-corrected chi connectivity index (χ2v) is 8.39. The SMILES string of the molecule is COC(=O)c1c(NC(=S)Nc2cccc(C)c2C)sc2c1CCC(C)C2. The van der Waals surface area contributed by atoms with Crippen LogP contribution in [0.5, 0.6) is 0 Å². The molecular formula is C20H24N2O2S2. The highest BCUT2D eigenvalue weighted by molar-refractivity contribution is 7.80. The summed E-state index contributed by atoms with van der Waals surface area (Å²) in [5.74, 6) is 0.341. The van der Waals surface area contributed by atoms with Crippen molar-refractivity contribution in [2.45, 2.75) is 40.0 Å². The zero-order valence-corrected chi connectivity index (χ0v) is 17.2. The number of methoxy groups -OCH3 is 1. The van der Waals surface area contributed by atoms with Crippen molar-refractivity contribution in [1.82, 2.24) is 0 Å². The zero-order chi connectivity index (χ0) is 18.8. The molecule has 2 N–H and O–H groups in total. The number of ether oxygens (including phenoxy) is 1. The molecule has 0 fully saturated rings. The fraction of sp³-hybridized carbons (Fsp3) is 0.400. The van der Waals surface area contributed by atoms with Crippen LogP contribution in [0.15, 0.2) is 18.2 Å². The van der Waals surface area contributed by atoms with Crippen LogP contribution in [0, 0.1) is 19.8 Å². The number of hydrogen-bond acceptors (Lipinski definition) is 4. The minimum absolute atomic E-state index is 0.297. The Hall–Kier alpha value is -1.92. The van der Waals surface area contributed by atoms with E-state index >= 15 is 0 Å². The molecule has 0 bridgehead atoms. The van der Waals surface area contributed by atoms with Gasteiger partial charge in [-0.2, -0.15) is 0 Å². The third-order valence-electron chi connectivity index (χ3n) is 4.98. The minimum atomic E-state index is -0.297. The molecule has 1 aromatic carbocycles. The van der Waals surface area contributed by atoms with Gasteiger partial charge in [0.2, 0.25) is 0 Å². The van der Waals surface area contributed by atoms with Crippen LogP contribution in [-0.2, 0) is 17.6 Å². The van der Waals surface area contributed by atoms with Gasteiger partial charge in [0.05, 0.1) is 12.7 Å². The number of esters is 1. The number of thiocarbonyl (C=S) groups is 1. The lowest BCUT2D eigenvalue weighted by atomic mass is 9.88. The Morgan fingerprint density at radius 2 is 2.08 bits per heavy atom. The molecule has 0 saturated heterocycles. The Bertz CT molecular complexity index is 858. The van der Waals surface area contributed by atoms with Gasteiger partial charge in [-0.25, -0.2) is 4.79 Å². The molecule has 0 radical (unpaired) electrons. The third kappa shape index (κ3) is 3.76. The number of hydrogen-bond donors (Lipinski definition) is 2. The highest BCUT2D eigenvalue weighted by Crippen LogP contribution is 2.40. The van der Waals surface area contributed by atoms with E-state index in [1.807, 2.05) is 12.1 Å². The molecule has 3 rings (SSSR count). The van der Waals surface area contributed by atoms with E-state index in [1.165, 1.54) is 17.6 Å². The van der Waals surface area contributed by atoms with Gasteiger partial charge in [-0.1, -0.05) is 19.1 Å². The van der Waals surface area contributed by atoms with Crippen molar-refractivity contribution in [2.24, 2.45) is 5.92 Å². The summed E-state index contributed by atoms with van der Waals surface area (Å²) in [6.07, 6.45) is 3.01. The zero-order valence-electron chi connectivity index (χ0n) is 15.6. The van der Waals surface area contributed by atoms with E-state index in [0.717, 1.165) is 41.1 Å². The summed E-state index contributed by atoms with van der Waals surface area (Å²) < 4.78 is 5.03. The van der Waals surface area contributed by atoms with E-state index in [9.17, 15) is 4.79 Å². The second-order valence-electron chi connectivity index (χ2n) is 6.87. The second kappa shape index (κ2) is 7.76. The first-order valence-electron chi connectivity index (χ1n) is 8.77. The maximum absolute atomic E-state index is 12.4. The Kier molecular flexibility index (Phi) is 5.63. The average molecular weight is 389 g/mol. The van der Waals surface area contributed by atoms with Crippen molar-refractivity contribution < 1.29 is 9.53 Å². The Balaban J connectivity index is 1.86. The van der Waals surface area contributed by atoms with Crippen molar-refractivity contribution in [2.75, 3.05) is 17.7 Å². The van der Waals surface area contributed by atoms with Gasteiger partial charge in [0.25, 0.3) is 0 Å². The fourth-order valence-corrected chi connectivity index (χ4v) is 4.98. The van der Waals surface area contributed by atoms with E-state index in [0.29, 0.717) is 16.6 Å². The van der Waals surface area contributed by atoms with Crippen LogP contribution in [0.1, 0.15) is 45.3 Å². The Morgan fingerprint density at radius 1 is 1.31 bits per heavy atom. The van der Waals surface area contributed by atoms with E-state index in [2.05, 4.69) is 37.5 Å². The van der Waals surface area contributed by atoms with Crippen molar-refractivity contribution in [1.29, 1.82) is 0 Å². The molecule has 138 valence electrons. The van der Waals surface area contributed by atoms with E-state index < -0.39 is 0 Å². The van der Waals surface area contributed by atoms with Gasteiger partial charge in [0.1, 0.15) is 5.00 Å². The number of carbonyl (C=O) groups excluding carboxylic acids is 1. The summed E-state index contributed by atoms with van der Waals surface area (Å²) >= 11 is 7.12. The van der Waals surface area contributed by atoms with Crippen molar-refractivity contribution in [3.63, 3.8) is 0 Å². The highest BCUT2D eigenvalue weighted by Gasteiger charge is 2.28. The van der Waals surface area contributed by atoms with E-state index in [1.54, 1.807) is 11.3 Å². The van der Waals surface area contributed by atoms with Crippen LogP contribution in [0.4, 0.5) is 10.7 Å². The van der Waals surface area contributed by atoms with Crippen molar-refractivity contribution >= 4 is 45.3 Å². The van der Waals surface area contributed by atoms with E-state index in [4.69, 9.17) is 17.0 Å². The molecule has 6 heteroatoms. The summed E-state index contributed by atoms with van der Waals surface area (Å²) in [6.45, 7) is 6.38. The number of thiophene rings is 1. The molecule has 1 atom stereocenters. The van der Waals surface area contributed by atoms with Crippen LogP contribution < -0.4 is 10.6 Å². The lowest BCUT2D eigenvalue weighted by Crippen LogP contribution is -2.21. The van der Waals surface area contributed by atoms with E-state index in [-0.39, 0.29) is 5.97 Å².